The van der Waals surface area contributed by atoms with Crippen LogP contribution in [-0.4, -0.2) is 12.0 Å². The van der Waals surface area contributed by atoms with E-state index in [2.05, 4.69) is 4.52 Å². The maximum absolute atomic E-state index is 9.33. The molecule has 0 bridgehead atoms. The van der Waals surface area contributed by atoms with Gasteiger partial charge in [-0.2, -0.15) is 0 Å². The molecular formula is CH6ClO3P. The van der Waals surface area contributed by atoms with Crippen LogP contribution in [-0.2, 0) is 9.09 Å². The van der Waals surface area contributed by atoms with Crippen LogP contribution in [0.1, 0.15) is 0 Å². The lowest BCUT2D eigenvalue weighted by molar-refractivity contribution is 0.343. The van der Waals surface area contributed by atoms with Gasteiger partial charge in [-0.15, -0.1) is 12.4 Å². The lowest BCUT2D eigenvalue weighted by Crippen LogP contribution is -1.57. The van der Waals surface area contributed by atoms with E-state index in [1.54, 1.807) is 0 Å². The van der Waals surface area contributed by atoms with Gasteiger partial charge in [0.2, 0.25) is 0 Å². The first kappa shape index (κ1) is 9.67. The summed E-state index contributed by atoms with van der Waals surface area (Å²) in [5.74, 6) is 0. The Morgan fingerprint density at radius 3 is 2.00 bits per heavy atom. The third-order valence-electron chi connectivity index (χ3n) is 0.175. The molecule has 0 fully saturated rings. The van der Waals surface area contributed by atoms with Crippen LogP contribution in [0.5, 0.6) is 0 Å². The van der Waals surface area contributed by atoms with Gasteiger partial charge in [0.1, 0.15) is 0 Å². The highest BCUT2D eigenvalue weighted by Crippen LogP contribution is 2.09. The van der Waals surface area contributed by atoms with Gasteiger partial charge in [0.15, 0.2) is 0 Å². The maximum atomic E-state index is 9.33. The van der Waals surface area contributed by atoms with Gasteiger partial charge in [-0.25, -0.2) is 0 Å². The van der Waals surface area contributed by atoms with Crippen molar-refractivity contribution in [3.63, 3.8) is 0 Å². The summed E-state index contributed by atoms with van der Waals surface area (Å²) in [7, 11) is -1.44. The summed E-state index contributed by atoms with van der Waals surface area (Å²) in [6, 6.07) is 0. The first-order chi connectivity index (χ1) is 2.27. The fraction of sp³-hybridized carbons (Fsp3) is 1.00. The van der Waals surface area contributed by atoms with Crippen LogP contribution in [0.25, 0.3) is 0 Å². The van der Waals surface area contributed by atoms with Crippen molar-refractivity contribution < 1.29 is 14.0 Å². The number of rotatable bonds is 1. The molecule has 0 aliphatic heterocycles. The van der Waals surface area contributed by atoms with Crippen molar-refractivity contribution in [1.29, 1.82) is 0 Å². The Labute approximate surface area is 42.7 Å². The molecule has 0 saturated heterocycles. The average molecular weight is 132 g/mol. The Morgan fingerprint density at radius 1 is 1.83 bits per heavy atom. The van der Waals surface area contributed by atoms with E-state index in [9.17, 15) is 4.57 Å². The van der Waals surface area contributed by atoms with Crippen LogP contribution in [0.4, 0.5) is 0 Å². The van der Waals surface area contributed by atoms with Crippen molar-refractivity contribution >= 4 is 20.7 Å². The van der Waals surface area contributed by atoms with Gasteiger partial charge >= 0.3 is 8.25 Å². The lowest BCUT2D eigenvalue weighted by Gasteiger charge is -1.78. The normalized spacial score (nSPS) is 12.3. The Kier molecular flexibility index (Phi) is 8.77. The van der Waals surface area contributed by atoms with E-state index >= 15 is 0 Å². The molecule has 0 aliphatic rings. The molecule has 1 unspecified atom stereocenters. The molecule has 1 N–H and O–H groups in total. The van der Waals surface area contributed by atoms with Crippen LogP contribution in [0.3, 0.4) is 0 Å². The second kappa shape index (κ2) is 5.44. The van der Waals surface area contributed by atoms with Crippen LogP contribution in [0.2, 0.25) is 0 Å². The molecule has 0 spiro atoms. The fourth-order valence-corrected chi connectivity index (χ4v) is 0. The molecule has 0 saturated carbocycles. The summed E-state index contributed by atoms with van der Waals surface area (Å²) in [5.41, 5.74) is 0. The largest absolute Gasteiger partial charge is 0.326 e. The predicted octanol–water partition coefficient (Wildman–Crippen LogP) is 0.437. The minimum absolute atomic E-state index is 0. The Bertz CT molecular complexity index is 46.1. The van der Waals surface area contributed by atoms with Gasteiger partial charge in [0.05, 0.1) is 0 Å². The van der Waals surface area contributed by atoms with Crippen molar-refractivity contribution in [3.05, 3.63) is 0 Å². The van der Waals surface area contributed by atoms with E-state index in [4.69, 9.17) is 4.89 Å². The second-order valence-corrected chi connectivity index (χ2v) is 1.41. The number of hydrogen-bond donors (Lipinski definition) is 1. The monoisotopic (exact) mass is 132 g/mol. The van der Waals surface area contributed by atoms with Crippen molar-refractivity contribution in [3.8, 4) is 0 Å². The van der Waals surface area contributed by atoms with E-state index in [0.29, 0.717) is 0 Å². The topological polar surface area (TPSA) is 46.5 Å². The molecule has 0 aromatic heterocycles. The standard InChI is InChI=1S/CH5O3P.ClH/c1-4-5(2)3;/h5H,1H3,(H,2,3);1H. The zero-order valence-corrected chi connectivity index (χ0v) is 4.99. The summed E-state index contributed by atoms with van der Waals surface area (Å²) in [5, 5.41) is 0. The summed E-state index contributed by atoms with van der Waals surface area (Å²) in [6.07, 6.45) is 0. The van der Waals surface area contributed by atoms with Gasteiger partial charge in [-0.05, 0) is 0 Å². The van der Waals surface area contributed by atoms with Gasteiger partial charge in [-0.3, -0.25) is 4.57 Å². The molecule has 40 valence electrons. The average Bonchev–Trinajstić information content (AvgIpc) is 1.38. The quantitative estimate of drug-likeness (QED) is 0.527. The highest BCUT2D eigenvalue weighted by atomic mass is 35.5. The van der Waals surface area contributed by atoms with E-state index < -0.39 is 8.25 Å². The first-order valence-electron chi connectivity index (χ1n) is 1.04. The Balaban J connectivity index is 0. The van der Waals surface area contributed by atoms with Crippen molar-refractivity contribution in [2.75, 3.05) is 7.11 Å². The van der Waals surface area contributed by atoms with E-state index in [1.807, 2.05) is 0 Å². The molecule has 0 rings (SSSR count). The molecule has 0 aromatic rings. The van der Waals surface area contributed by atoms with E-state index in [-0.39, 0.29) is 12.4 Å². The lowest BCUT2D eigenvalue weighted by atomic mass is 11.8. The molecule has 5 heteroatoms. The molecular weight excluding hydrogens is 126 g/mol. The number of halogens is 1. The van der Waals surface area contributed by atoms with Gasteiger partial charge in [-0.1, -0.05) is 0 Å². The third kappa shape index (κ3) is 8.83. The maximum Gasteiger partial charge on any atom is 0.316 e. The first-order valence-corrected chi connectivity index (χ1v) is 2.30. The molecule has 0 heterocycles. The Hall–Kier alpha value is 0.440. The molecule has 1 atom stereocenters. The summed E-state index contributed by atoms with van der Waals surface area (Å²) >= 11 is 0. The minimum atomic E-state index is -2.62. The molecule has 0 aromatic carbocycles. The third-order valence-corrected chi connectivity index (χ3v) is 0.524. The zero-order chi connectivity index (χ0) is 4.28. The van der Waals surface area contributed by atoms with E-state index in [0.717, 1.165) is 0 Å². The molecule has 6 heavy (non-hydrogen) atoms. The highest BCUT2D eigenvalue weighted by molar-refractivity contribution is 7.32. The van der Waals surface area contributed by atoms with Gasteiger partial charge in [0, 0.05) is 7.11 Å². The zero-order valence-electron chi connectivity index (χ0n) is 3.17. The smallest absolute Gasteiger partial charge is 0.316 e. The molecule has 0 aliphatic carbocycles. The van der Waals surface area contributed by atoms with Crippen molar-refractivity contribution in [2.24, 2.45) is 0 Å². The second-order valence-electron chi connectivity index (χ2n) is 0.470. The molecule has 0 amide bonds. The van der Waals surface area contributed by atoms with Gasteiger partial charge < -0.3 is 9.42 Å². The van der Waals surface area contributed by atoms with Crippen LogP contribution < -0.4 is 0 Å². The van der Waals surface area contributed by atoms with Gasteiger partial charge in [0.25, 0.3) is 0 Å². The van der Waals surface area contributed by atoms with Crippen LogP contribution in [0, 0.1) is 0 Å². The summed E-state index contributed by atoms with van der Waals surface area (Å²) in [4.78, 5) is 7.69. The Morgan fingerprint density at radius 2 is 2.00 bits per heavy atom. The highest BCUT2D eigenvalue weighted by Gasteiger charge is 1.74. The predicted molar refractivity (Wildman–Crippen MR) is 25.5 cm³/mol. The van der Waals surface area contributed by atoms with Crippen LogP contribution in [0.15, 0.2) is 0 Å². The number of hydrogen-bond acceptors (Lipinski definition) is 2. The fourth-order valence-electron chi connectivity index (χ4n) is 0. The SMILES string of the molecule is CO[PH](=O)O.Cl. The molecule has 0 radical (unpaired) electrons. The molecule has 3 nitrogen and oxygen atoms in total. The van der Waals surface area contributed by atoms with Crippen LogP contribution >= 0.6 is 20.7 Å². The summed E-state index contributed by atoms with van der Waals surface area (Å²) in [6.45, 7) is 0. The van der Waals surface area contributed by atoms with Crippen molar-refractivity contribution in [2.45, 2.75) is 0 Å². The minimum Gasteiger partial charge on any atom is -0.326 e. The van der Waals surface area contributed by atoms with E-state index in [1.165, 1.54) is 7.11 Å². The van der Waals surface area contributed by atoms with Crippen molar-refractivity contribution in [1.82, 2.24) is 0 Å². The summed E-state index contributed by atoms with van der Waals surface area (Å²) < 4.78 is 13.2.